The quantitative estimate of drug-likeness (QED) is 0.375. The first-order valence-electron chi connectivity index (χ1n) is 9.86. The first kappa shape index (κ1) is 20.2. The lowest BCUT2D eigenvalue weighted by atomic mass is 10.1. The van der Waals surface area contributed by atoms with Crippen LogP contribution < -0.4 is 19.6 Å². The van der Waals surface area contributed by atoms with Crippen LogP contribution in [0.15, 0.2) is 63.8 Å². The van der Waals surface area contributed by atoms with Gasteiger partial charge in [0.25, 0.3) is 0 Å². The van der Waals surface area contributed by atoms with Crippen LogP contribution in [-0.2, 0) is 0 Å². The molecule has 0 atom stereocenters. The summed E-state index contributed by atoms with van der Waals surface area (Å²) < 4.78 is 22.3. The number of halogens is 1. The Morgan fingerprint density at radius 2 is 1.59 bits per heavy atom. The van der Waals surface area contributed by atoms with Crippen LogP contribution in [0.2, 0.25) is 5.02 Å². The van der Waals surface area contributed by atoms with Crippen LogP contribution in [0.25, 0.3) is 21.9 Å². The van der Waals surface area contributed by atoms with Crippen molar-refractivity contribution in [3.05, 3.63) is 86.9 Å². The highest BCUT2D eigenvalue weighted by atomic mass is 35.5. The molecule has 0 spiro atoms. The molecular formula is C25H17ClO6. The smallest absolute Gasteiger partial charge is 0.343 e. The predicted octanol–water partition coefficient (Wildman–Crippen LogP) is 5.68. The zero-order valence-corrected chi connectivity index (χ0v) is 18.0. The van der Waals surface area contributed by atoms with Crippen molar-refractivity contribution < 1.29 is 23.4 Å². The molecule has 2 heterocycles. The summed E-state index contributed by atoms with van der Waals surface area (Å²) in [5.74, 6) is 1.82. The minimum absolute atomic E-state index is 0.145. The SMILES string of the molecule is Cc1oc(C)c2c(=O)cc(-c3ccc4c(c3)OCO4)cc(OC(=O)c3ccc(Cl)cc3)c12. The molecule has 0 N–H and O–H groups in total. The molecule has 0 bridgehead atoms. The third-order valence-corrected chi connectivity index (χ3v) is 5.57. The van der Waals surface area contributed by atoms with Gasteiger partial charge in [0.05, 0.1) is 16.3 Å². The molecule has 3 aromatic carbocycles. The Bertz CT molecular complexity index is 1440. The normalized spacial score (nSPS) is 12.2. The van der Waals surface area contributed by atoms with E-state index in [-0.39, 0.29) is 18.0 Å². The van der Waals surface area contributed by atoms with E-state index in [4.69, 9.17) is 30.2 Å². The molecule has 5 rings (SSSR count). The Labute approximate surface area is 187 Å². The topological polar surface area (TPSA) is 75.0 Å². The molecule has 0 saturated heterocycles. The van der Waals surface area contributed by atoms with Gasteiger partial charge in [-0.1, -0.05) is 17.7 Å². The Balaban J connectivity index is 1.69. The fourth-order valence-electron chi connectivity index (χ4n) is 3.81. The van der Waals surface area contributed by atoms with Crippen LogP contribution in [-0.4, -0.2) is 12.8 Å². The fraction of sp³-hybridized carbons (Fsp3) is 0.120. The average Bonchev–Trinajstić information content (AvgIpc) is 3.31. The van der Waals surface area contributed by atoms with E-state index in [1.165, 1.54) is 6.07 Å². The zero-order chi connectivity index (χ0) is 22.4. The molecule has 0 amide bonds. The van der Waals surface area contributed by atoms with Crippen LogP contribution in [0.1, 0.15) is 21.9 Å². The molecular weight excluding hydrogens is 432 g/mol. The minimum atomic E-state index is -0.573. The van der Waals surface area contributed by atoms with Crippen LogP contribution in [0, 0.1) is 13.8 Å². The monoisotopic (exact) mass is 448 g/mol. The Kier molecular flexibility index (Phi) is 4.87. The van der Waals surface area contributed by atoms with Gasteiger partial charge in [-0.05, 0) is 73.5 Å². The van der Waals surface area contributed by atoms with E-state index in [0.29, 0.717) is 49.9 Å². The number of hydrogen-bond donors (Lipinski definition) is 0. The van der Waals surface area contributed by atoms with E-state index in [0.717, 1.165) is 5.56 Å². The van der Waals surface area contributed by atoms with Gasteiger partial charge in [-0.15, -0.1) is 0 Å². The number of hydrogen-bond acceptors (Lipinski definition) is 6. The van der Waals surface area contributed by atoms with E-state index in [1.807, 2.05) is 6.07 Å². The summed E-state index contributed by atoms with van der Waals surface area (Å²) >= 11 is 5.92. The summed E-state index contributed by atoms with van der Waals surface area (Å²) in [6, 6.07) is 14.9. The van der Waals surface area contributed by atoms with E-state index in [1.54, 1.807) is 56.3 Å². The van der Waals surface area contributed by atoms with Gasteiger partial charge in [0.15, 0.2) is 16.9 Å². The molecule has 160 valence electrons. The lowest BCUT2D eigenvalue weighted by molar-refractivity contribution is 0.0737. The van der Waals surface area contributed by atoms with Crippen molar-refractivity contribution >= 4 is 28.3 Å². The summed E-state index contributed by atoms with van der Waals surface area (Å²) in [7, 11) is 0. The summed E-state index contributed by atoms with van der Waals surface area (Å²) in [5, 5.41) is 1.34. The number of esters is 1. The highest BCUT2D eigenvalue weighted by molar-refractivity contribution is 6.30. The highest BCUT2D eigenvalue weighted by Gasteiger charge is 2.20. The molecule has 32 heavy (non-hydrogen) atoms. The number of ether oxygens (including phenoxy) is 3. The van der Waals surface area contributed by atoms with Crippen molar-refractivity contribution in [2.24, 2.45) is 0 Å². The first-order chi connectivity index (χ1) is 15.4. The Hall–Kier alpha value is -3.77. The summed E-state index contributed by atoms with van der Waals surface area (Å²) in [6.45, 7) is 3.59. The molecule has 6 nitrogen and oxygen atoms in total. The van der Waals surface area contributed by atoms with Crippen LogP contribution >= 0.6 is 11.6 Å². The number of carbonyl (C=O) groups excluding carboxylic acids is 1. The Morgan fingerprint density at radius 3 is 2.38 bits per heavy atom. The largest absolute Gasteiger partial charge is 0.465 e. The second-order valence-electron chi connectivity index (χ2n) is 7.40. The summed E-state index contributed by atoms with van der Waals surface area (Å²) in [6.07, 6.45) is 0. The number of carbonyl (C=O) groups is 1. The molecule has 1 aliphatic heterocycles. The Morgan fingerprint density at radius 1 is 0.875 bits per heavy atom. The molecule has 0 aliphatic carbocycles. The van der Waals surface area contributed by atoms with Crippen molar-refractivity contribution in [2.45, 2.75) is 13.8 Å². The molecule has 0 radical (unpaired) electrons. The summed E-state index contributed by atoms with van der Waals surface area (Å²) in [4.78, 5) is 26.0. The van der Waals surface area contributed by atoms with Crippen molar-refractivity contribution in [3.63, 3.8) is 0 Å². The van der Waals surface area contributed by atoms with E-state index >= 15 is 0 Å². The van der Waals surface area contributed by atoms with E-state index in [2.05, 4.69) is 0 Å². The van der Waals surface area contributed by atoms with E-state index < -0.39 is 5.97 Å². The number of furan rings is 1. The molecule has 0 fully saturated rings. The lowest BCUT2D eigenvalue weighted by Gasteiger charge is -2.06. The molecule has 1 aliphatic rings. The number of rotatable bonds is 3. The van der Waals surface area contributed by atoms with Gasteiger partial charge in [-0.25, -0.2) is 4.79 Å². The van der Waals surface area contributed by atoms with Gasteiger partial charge in [-0.2, -0.15) is 0 Å². The maximum atomic E-state index is 13.1. The third kappa shape index (κ3) is 3.48. The maximum absolute atomic E-state index is 13.1. The lowest BCUT2D eigenvalue weighted by Crippen LogP contribution is -2.08. The summed E-state index contributed by atoms with van der Waals surface area (Å²) in [5.41, 5.74) is 1.39. The average molecular weight is 449 g/mol. The molecule has 7 heteroatoms. The van der Waals surface area contributed by atoms with Crippen molar-refractivity contribution in [1.29, 1.82) is 0 Å². The zero-order valence-electron chi connectivity index (χ0n) is 17.2. The van der Waals surface area contributed by atoms with Crippen LogP contribution in [0.5, 0.6) is 17.2 Å². The minimum Gasteiger partial charge on any atom is -0.465 e. The highest BCUT2D eigenvalue weighted by Crippen LogP contribution is 2.38. The van der Waals surface area contributed by atoms with Crippen molar-refractivity contribution in [3.8, 4) is 28.4 Å². The third-order valence-electron chi connectivity index (χ3n) is 5.31. The molecule has 0 saturated carbocycles. The van der Waals surface area contributed by atoms with Gasteiger partial charge in [-0.3, -0.25) is 4.79 Å². The van der Waals surface area contributed by atoms with Crippen LogP contribution in [0.4, 0.5) is 0 Å². The van der Waals surface area contributed by atoms with Gasteiger partial charge in [0.2, 0.25) is 6.79 Å². The number of benzene rings is 2. The van der Waals surface area contributed by atoms with Gasteiger partial charge < -0.3 is 18.6 Å². The standard InChI is InChI=1S/C25H17ClO6/c1-13-23-19(27)9-17(16-5-8-20-21(10-16)30-12-29-20)11-22(24(23)14(2)31-13)32-25(28)15-3-6-18(26)7-4-15/h3-11H,12H2,1-2H3. The second-order valence-corrected chi connectivity index (χ2v) is 7.84. The molecule has 0 unspecified atom stereocenters. The maximum Gasteiger partial charge on any atom is 0.343 e. The number of aryl methyl sites for hydroxylation is 2. The van der Waals surface area contributed by atoms with Crippen molar-refractivity contribution in [2.75, 3.05) is 6.79 Å². The van der Waals surface area contributed by atoms with Gasteiger partial charge in [0, 0.05) is 5.02 Å². The van der Waals surface area contributed by atoms with E-state index in [9.17, 15) is 9.59 Å². The van der Waals surface area contributed by atoms with Gasteiger partial charge in [0.1, 0.15) is 17.3 Å². The second kappa shape index (κ2) is 7.73. The number of fused-ring (bicyclic) bond motifs is 2. The fourth-order valence-corrected chi connectivity index (χ4v) is 3.94. The van der Waals surface area contributed by atoms with Gasteiger partial charge >= 0.3 is 5.97 Å². The van der Waals surface area contributed by atoms with Crippen molar-refractivity contribution in [1.82, 2.24) is 0 Å². The predicted molar refractivity (Wildman–Crippen MR) is 120 cm³/mol. The van der Waals surface area contributed by atoms with Crippen LogP contribution in [0.3, 0.4) is 0 Å². The first-order valence-corrected chi connectivity index (χ1v) is 10.2. The molecule has 4 aromatic rings. The molecule has 1 aromatic heterocycles.